The van der Waals surface area contributed by atoms with Gasteiger partial charge in [-0.1, -0.05) is 0 Å². The van der Waals surface area contributed by atoms with Crippen LogP contribution in [0.1, 0.15) is 0 Å². The lowest BCUT2D eigenvalue weighted by atomic mass is 10.1. The van der Waals surface area contributed by atoms with Gasteiger partial charge in [-0.2, -0.15) is 5.10 Å². The smallest absolute Gasteiger partial charge is 0.406 e. The minimum Gasteiger partial charge on any atom is -0.406 e. The van der Waals surface area contributed by atoms with E-state index in [4.69, 9.17) is 11.6 Å². The molecule has 6 nitrogen and oxygen atoms in total. The second kappa shape index (κ2) is 6.00. The highest BCUT2D eigenvalue weighted by Crippen LogP contribution is 2.32. The van der Waals surface area contributed by atoms with E-state index in [9.17, 15) is 18.0 Å². The Morgan fingerprint density at radius 1 is 1.43 bits per heavy atom. The van der Waals surface area contributed by atoms with Crippen LogP contribution in [0.5, 0.6) is 5.75 Å². The molecular weight excluding hydrogens is 313 g/mol. The van der Waals surface area contributed by atoms with Gasteiger partial charge in [-0.15, -0.1) is 24.8 Å². The maximum atomic E-state index is 12.2. The van der Waals surface area contributed by atoms with E-state index in [1.165, 1.54) is 12.4 Å². The van der Waals surface area contributed by atoms with Crippen LogP contribution in [0.25, 0.3) is 11.4 Å². The van der Waals surface area contributed by atoms with Gasteiger partial charge in [0.1, 0.15) is 18.0 Å². The maximum absolute atomic E-state index is 12.2. The average molecular weight is 321 g/mol. The summed E-state index contributed by atoms with van der Waals surface area (Å²) in [5.74, 6) is -1.08. The van der Waals surface area contributed by atoms with Crippen LogP contribution in [-0.2, 0) is 4.79 Å². The van der Waals surface area contributed by atoms with Crippen molar-refractivity contribution in [3.05, 3.63) is 24.5 Å². The van der Waals surface area contributed by atoms with Gasteiger partial charge in [-0.25, -0.2) is 4.98 Å². The Labute approximate surface area is 121 Å². The van der Waals surface area contributed by atoms with Gasteiger partial charge in [0, 0.05) is 5.56 Å². The molecule has 0 aliphatic rings. The number of carbonyl (C=O) groups is 1. The van der Waals surface area contributed by atoms with Crippen molar-refractivity contribution in [3.63, 3.8) is 0 Å². The molecule has 2 aromatic rings. The van der Waals surface area contributed by atoms with Crippen LogP contribution < -0.4 is 10.1 Å². The summed E-state index contributed by atoms with van der Waals surface area (Å²) in [7, 11) is 0. The van der Waals surface area contributed by atoms with Crippen LogP contribution in [0.2, 0.25) is 0 Å². The van der Waals surface area contributed by atoms with Gasteiger partial charge in [-0.05, 0) is 18.2 Å². The second-order valence-electron chi connectivity index (χ2n) is 3.77. The molecule has 10 heteroatoms. The predicted octanol–water partition coefficient (Wildman–Crippen LogP) is 2.55. The van der Waals surface area contributed by atoms with E-state index < -0.39 is 18.0 Å². The van der Waals surface area contributed by atoms with Crippen molar-refractivity contribution in [2.45, 2.75) is 6.36 Å². The number of hydrogen-bond donors (Lipinski definition) is 2. The molecule has 112 valence electrons. The first-order valence-corrected chi connectivity index (χ1v) is 6.04. The van der Waals surface area contributed by atoms with Crippen LogP contribution in [-0.4, -0.2) is 33.3 Å². The Morgan fingerprint density at radius 3 is 2.76 bits per heavy atom. The molecule has 0 atom stereocenters. The molecule has 0 bridgehead atoms. The fourth-order valence-corrected chi connectivity index (χ4v) is 1.61. The fourth-order valence-electron chi connectivity index (χ4n) is 1.54. The quantitative estimate of drug-likeness (QED) is 0.848. The number of aromatic amines is 1. The number of nitrogens with one attached hydrogen (secondary N) is 2. The summed E-state index contributed by atoms with van der Waals surface area (Å²) in [4.78, 5) is 15.1. The number of anilines is 1. The number of nitrogens with zero attached hydrogens (tertiary/aromatic N) is 2. The Balaban J connectivity index is 2.39. The lowest BCUT2D eigenvalue weighted by Crippen LogP contribution is -2.17. The summed E-state index contributed by atoms with van der Waals surface area (Å²) < 4.78 is 40.5. The molecule has 0 unspecified atom stereocenters. The fraction of sp³-hybridized carbons (Fsp3) is 0.182. The zero-order valence-electron chi connectivity index (χ0n) is 10.2. The van der Waals surface area contributed by atoms with Crippen LogP contribution in [0.15, 0.2) is 24.5 Å². The highest BCUT2D eigenvalue weighted by molar-refractivity contribution is 6.29. The molecule has 0 saturated heterocycles. The van der Waals surface area contributed by atoms with Gasteiger partial charge >= 0.3 is 6.36 Å². The largest absolute Gasteiger partial charge is 0.573 e. The van der Waals surface area contributed by atoms with Crippen LogP contribution >= 0.6 is 11.6 Å². The third kappa shape index (κ3) is 4.09. The number of carbonyl (C=O) groups excluding carboxylic acids is 1. The molecule has 2 N–H and O–H groups in total. The molecule has 0 spiro atoms. The van der Waals surface area contributed by atoms with Crippen LogP contribution in [0.4, 0.5) is 18.9 Å². The number of aromatic nitrogens is 3. The summed E-state index contributed by atoms with van der Waals surface area (Å²) in [6, 6.07) is 3.40. The molecule has 0 aliphatic carbocycles. The SMILES string of the molecule is O=C(CCl)Nc1ccc(OC(F)(F)F)cc1-c1ncn[nH]1. The summed E-state index contributed by atoms with van der Waals surface area (Å²) >= 11 is 5.38. The molecule has 1 heterocycles. The molecule has 21 heavy (non-hydrogen) atoms. The number of halogens is 4. The standard InChI is InChI=1S/C11H8ClF3N4O2/c12-4-9(20)18-8-2-1-6(21-11(13,14)15)3-7(8)10-16-5-17-19-10/h1-3,5H,4H2,(H,18,20)(H,16,17,19). The van der Waals surface area contributed by atoms with E-state index in [-0.39, 0.29) is 23.0 Å². The highest BCUT2D eigenvalue weighted by Gasteiger charge is 2.31. The van der Waals surface area contributed by atoms with Gasteiger partial charge in [0.05, 0.1) is 5.69 Å². The summed E-state index contributed by atoms with van der Waals surface area (Å²) in [5, 5.41) is 8.54. The van der Waals surface area contributed by atoms with Crippen molar-refractivity contribution in [2.75, 3.05) is 11.2 Å². The normalized spacial score (nSPS) is 11.2. The Hall–Kier alpha value is -2.29. The average Bonchev–Trinajstić information content (AvgIpc) is 2.92. The summed E-state index contributed by atoms with van der Waals surface area (Å²) in [6.07, 6.45) is -3.64. The van der Waals surface area contributed by atoms with Crippen molar-refractivity contribution in [1.29, 1.82) is 0 Å². The van der Waals surface area contributed by atoms with Crippen molar-refractivity contribution in [2.24, 2.45) is 0 Å². The molecule has 1 amide bonds. The Bertz CT molecular complexity index is 631. The minimum absolute atomic E-state index is 0.174. The van der Waals surface area contributed by atoms with Crippen LogP contribution in [0.3, 0.4) is 0 Å². The predicted molar refractivity (Wildman–Crippen MR) is 67.9 cm³/mol. The molecule has 1 aromatic heterocycles. The summed E-state index contributed by atoms with van der Waals surface area (Å²) in [6.45, 7) is 0. The first-order valence-electron chi connectivity index (χ1n) is 5.50. The molecule has 0 radical (unpaired) electrons. The Kier molecular flexibility index (Phi) is 4.32. The second-order valence-corrected chi connectivity index (χ2v) is 4.04. The first kappa shape index (κ1) is 15.1. The molecule has 0 aliphatic heterocycles. The minimum atomic E-state index is -4.82. The van der Waals surface area contributed by atoms with E-state index >= 15 is 0 Å². The van der Waals surface area contributed by atoms with E-state index in [1.807, 2.05) is 0 Å². The van der Waals surface area contributed by atoms with Gasteiger partial charge in [-0.3, -0.25) is 9.89 Å². The highest BCUT2D eigenvalue weighted by atomic mass is 35.5. The lowest BCUT2D eigenvalue weighted by molar-refractivity contribution is -0.274. The molecular formula is C11H8ClF3N4O2. The topological polar surface area (TPSA) is 79.9 Å². The van der Waals surface area contributed by atoms with Crippen molar-refractivity contribution >= 4 is 23.2 Å². The maximum Gasteiger partial charge on any atom is 0.573 e. The molecule has 2 rings (SSSR count). The van der Waals surface area contributed by atoms with E-state index in [2.05, 4.69) is 25.2 Å². The summed E-state index contributed by atoms with van der Waals surface area (Å²) in [5.41, 5.74) is 0.416. The Morgan fingerprint density at radius 2 is 2.19 bits per heavy atom. The molecule has 0 saturated carbocycles. The van der Waals surface area contributed by atoms with E-state index in [0.29, 0.717) is 0 Å². The zero-order valence-corrected chi connectivity index (χ0v) is 11.0. The number of ether oxygens (including phenoxy) is 1. The van der Waals surface area contributed by atoms with Gasteiger partial charge in [0.2, 0.25) is 5.91 Å². The van der Waals surface area contributed by atoms with Gasteiger partial charge in [0.15, 0.2) is 5.82 Å². The number of benzene rings is 1. The zero-order chi connectivity index (χ0) is 15.5. The number of alkyl halides is 4. The van der Waals surface area contributed by atoms with Gasteiger partial charge < -0.3 is 10.1 Å². The molecule has 1 aromatic carbocycles. The lowest BCUT2D eigenvalue weighted by Gasteiger charge is -2.13. The van der Waals surface area contributed by atoms with Crippen LogP contribution in [0, 0.1) is 0 Å². The van der Waals surface area contributed by atoms with Crippen molar-refractivity contribution < 1.29 is 22.7 Å². The monoisotopic (exact) mass is 320 g/mol. The van der Waals surface area contributed by atoms with E-state index in [0.717, 1.165) is 12.1 Å². The van der Waals surface area contributed by atoms with Gasteiger partial charge in [0.25, 0.3) is 0 Å². The number of rotatable bonds is 4. The number of hydrogen-bond acceptors (Lipinski definition) is 4. The molecule has 0 fully saturated rings. The van der Waals surface area contributed by atoms with E-state index in [1.54, 1.807) is 0 Å². The number of H-pyrrole nitrogens is 1. The number of amides is 1. The van der Waals surface area contributed by atoms with Crippen molar-refractivity contribution in [1.82, 2.24) is 15.2 Å². The third-order valence-electron chi connectivity index (χ3n) is 2.29. The van der Waals surface area contributed by atoms with Crippen molar-refractivity contribution in [3.8, 4) is 17.1 Å². The first-order chi connectivity index (χ1) is 9.89. The third-order valence-corrected chi connectivity index (χ3v) is 2.53.